The van der Waals surface area contributed by atoms with Gasteiger partial charge in [-0.2, -0.15) is 0 Å². The molecule has 1 unspecified atom stereocenters. The minimum absolute atomic E-state index is 0.108. The van der Waals surface area contributed by atoms with Crippen LogP contribution < -0.4 is 15.8 Å². The first-order valence-electron chi connectivity index (χ1n) is 16.4. The van der Waals surface area contributed by atoms with Gasteiger partial charge in [0.1, 0.15) is 0 Å². The molecule has 1 N–H and O–H groups in total. The lowest BCUT2D eigenvalue weighted by molar-refractivity contribution is -0.121. The van der Waals surface area contributed by atoms with Crippen molar-refractivity contribution in [1.29, 1.82) is 0 Å². The number of carbonyl (C=O) groups excluding carboxylic acids is 1. The number of nitrogens with one attached hydrogen (secondary N) is 1. The predicted molar refractivity (Wildman–Crippen MR) is 189 cm³/mol. The number of rotatable bonds is 6. The summed E-state index contributed by atoms with van der Waals surface area (Å²) in [7, 11) is 0. The SMILES string of the molecule is C1=CCNC=C1.O=C(C(c1ccccc1)c1ccccc1)[C@@H]1C=c2ccc3c(c2CC1)C(Cc1ccccc1)C=c1ccccc1=3. The highest BCUT2D eigenvalue weighted by atomic mass is 16.1. The molecule has 0 bridgehead atoms. The van der Waals surface area contributed by atoms with Crippen molar-refractivity contribution in [2.45, 2.75) is 31.1 Å². The van der Waals surface area contributed by atoms with Crippen LogP contribution in [0.4, 0.5) is 0 Å². The molecular weight excluding hydrogens is 558 g/mol. The van der Waals surface area contributed by atoms with Crippen molar-refractivity contribution in [2.24, 2.45) is 5.92 Å². The topological polar surface area (TPSA) is 29.1 Å². The van der Waals surface area contributed by atoms with Gasteiger partial charge in [-0.3, -0.25) is 4.79 Å². The first kappa shape index (κ1) is 29.5. The maximum absolute atomic E-state index is 14.2. The minimum atomic E-state index is -0.256. The Kier molecular flexibility index (Phi) is 8.87. The first-order chi connectivity index (χ1) is 22.8. The van der Waals surface area contributed by atoms with Crippen LogP contribution in [0.1, 0.15) is 46.1 Å². The number of benzene rings is 5. The van der Waals surface area contributed by atoms with E-state index < -0.39 is 0 Å². The molecule has 0 amide bonds. The van der Waals surface area contributed by atoms with E-state index >= 15 is 0 Å². The lowest BCUT2D eigenvalue weighted by Crippen LogP contribution is -2.30. The van der Waals surface area contributed by atoms with Crippen LogP contribution >= 0.6 is 0 Å². The molecule has 5 aromatic carbocycles. The summed E-state index contributed by atoms with van der Waals surface area (Å²) in [5.41, 5.74) is 6.36. The van der Waals surface area contributed by atoms with Gasteiger partial charge in [0.2, 0.25) is 0 Å². The van der Waals surface area contributed by atoms with E-state index in [1.807, 2.05) is 54.8 Å². The molecule has 0 radical (unpaired) electrons. The molecule has 2 nitrogen and oxygen atoms in total. The summed E-state index contributed by atoms with van der Waals surface area (Å²) >= 11 is 0. The molecule has 226 valence electrons. The Labute approximate surface area is 271 Å². The fourth-order valence-corrected chi connectivity index (χ4v) is 7.25. The van der Waals surface area contributed by atoms with Crippen molar-refractivity contribution in [1.82, 2.24) is 5.32 Å². The predicted octanol–water partition coefficient (Wildman–Crippen LogP) is 7.50. The van der Waals surface area contributed by atoms with Gasteiger partial charge in [-0.05, 0) is 80.2 Å². The highest BCUT2D eigenvalue weighted by Crippen LogP contribution is 2.34. The monoisotopic (exact) mass is 597 g/mol. The van der Waals surface area contributed by atoms with Crippen LogP contribution in [0.3, 0.4) is 0 Å². The molecule has 2 atom stereocenters. The van der Waals surface area contributed by atoms with Crippen molar-refractivity contribution >= 4 is 17.9 Å². The van der Waals surface area contributed by atoms with Crippen molar-refractivity contribution < 1.29 is 4.79 Å². The minimum Gasteiger partial charge on any atom is -0.387 e. The highest BCUT2D eigenvalue weighted by Gasteiger charge is 2.31. The second-order valence-electron chi connectivity index (χ2n) is 12.3. The summed E-state index contributed by atoms with van der Waals surface area (Å²) in [5.74, 6) is 0.236. The third-order valence-corrected chi connectivity index (χ3v) is 9.39. The van der Waals surface area contributed by atoms with E-state index in [-0.39, 0.29) is 11.8 Å². The lowest BCUT2D eigenvalue weighted by Gasteiger charge is -2.27. The van der Waals surface area contributed by atoms with E-state index in [1.54, 1.807) is 0 Å². The van der Waals surface area contributed by atoms with Crippen molar-refractivity contribution in [3.8, 4) is 0 Å². The zero-order valence-electron chi connectivity index (χ0n) is 26.1. The molecule has 8 rings (SSSR count). The molecule has 2 heteroatoms. The fourth-order valence-electron chi connectivity index (χ4n) is 7.25. The maximum atomic E-state index is 14.2. The van der Waals surface area contributed by atoms with Crippen LogP contribution in [-0.2, 0) is 17.6 Å². The molecule has 0 saturated carbocycles. The second kappa shape index (κ2) is 13.8. The quantitative estimate of drug-likeness (QED) is 0.220. The summed E-state index contributed by atoms with van der Waals surface area (Å²) < 4.78 is 0. The number of allylic oxidation sites excluding steroid dienone is 2. The van der Waals surface area contributed by atoms with Gasteiger partial charge in [0.05, 0.1) is 5.92 Å². The first-order valence-corrected chi connectivity index (χ1v) is 16.4. The van der Waals surface area contributed by atoms with Crippen molar-refractivity contribution in [3.63, 3.8) is 0 Å². The molecule has 5 aromatic rings. The summed E-state index contributed by atoms with van der Waals surface area (Å²) in [6.07, 6.45) is 15.5. The summed E-state index contributed by atoms with van der Waals surface area (Å²) in [5, 5.41) is 8.23. The van der Waals surface area contributed by atoms with E-state index in [0.717, 1.165) is 36.9 Å². The molecule has 0 fully saturated rings. The molecule has 46 heavy (non-hydrogen) atoms. The number of hydrogen-bond acceptors (Lipinski definition) is 2. The average Bonchev–Trinajstić information content (AvgIpc) is 3.13. The highest BCUT2D eigenvalue weighted by molar-refractivity contribution is 5.95. The Balaban J connectivity index is 0.000000508. The molecule has 2 aliphatic carbocycles. The Hall–Kier alpha value is -5.21. The molecule has 1 heterocycles. The zero-order valence-corrected chi connectivity index (χ0v) is 26.1. The lowest BCUT2D eigenvalue weighted by atomic mass is 9.75. The van der Waals surface area contributed by atoms with Crippen LogP contribution in [0.5, 0.6) is 0 Å². The van der Waals surface area contributed by atoms with Gasteiger partial charge in [-0.1, -0.05) is 152 Å². The standard InChI is InChI=1S/C39H32O.C5H7N/c40-39(37(28-14-6-2-7-15-28)29-16-8-3-9-17-29)32-21-22-35-31(25-32)20-23-36-34-19-11-10-18-30(34)26-33(38(35)36)24-27-12-4-1-5-13-27;1-2-4-6-5-3-1/h1-20,23,25-26,32-33,37H,21-22,24H2;1-4,6H,5H2/t32-,33?;/m0./s1. The van der Waals surface area contributed by atoms with Crippen LogP contribution in [0.15, 0.2) is 152 Å². The van der Waals surface area contributed by atoms with E-state index in [1.165, 1.54) is 37.6 Å². The Morgan fingerprint density at radius 3 is 1.98 bits per heavy atom. The average molecular weight is 598 g/mol. The van der Waals surface area contributed by atoms with Gasteiger partial charge < -0.3 is 5.32 Å². The number of carbonyl (C=O) groups is 1. The maximum Gasteiger partial charge on any atom is 0.151 e. The summed E-state index contributed by atoms with van der Waals surface area (Å²) in [4.78, 5) is 14.2. The van der Waals surface area contributed by atoms with Crippen LogP contribution in [-0.4, -0.2) is 12.3 Å². The van der Waals surface area contributed by atoms with Crippen molar-refractivity contribution in [3.05, 3.63) is 201 Å². The third kappa shape index (κ3) is 6.30. The smallest absolute Gasteiger partial charge is 0.151 e. The van der Waals surface area contributed by atoms with Crippen molar-refractivity contribution in [2.75, 3.05) is 6.54 Å². The number of hydrogen-bond donors (Lipinski definition) is 1. The molecule has 0 aromatic heterocycles. The van der Waals surface area contributed by atoms with E-state index in [0.29, 0.717) is 11.7 Å². The molecule has 3 aliphatic rings. The Morgan fingerprint density at radius 1 is 0.674 bits per heavy atom. The third-order valence-electron chi connectivity index (χ3n) is 9.39. The van der Waals surface area contributed by atoms with Crippen LogP contribution in [0.2, 0.25) is 0 Å². The van der Waals surface area contributed by atoms with E-state index in [2.05, 4.69) is 115 Å². The fraction of sp³-hybridized carbons (Fsp3) is 0.159. The summed E-state index contributed by atoms with van der Waals surface area (Å²) in [6.45, 7) is 0.983. The van der Waals surface area contributed by atoms with E-state index in [9.17, 15) is 4.79 Å². The number of ketones is 1. The van der Waals surface area contributed by atoms with Crippen LogP contribution in [0.25, 0.3) is 12.2 Å². The van der Waals surface area contributed by atoms with Gasteiger partial charge in [-0.15, -0.1) is 0 Å². The van der Waals surface area contributed by atoms with Crippen LogP contribution in [0, 0.1) is 16.4 Å². The molecule has 0 spiro atoms. The van der Waals surface area contributed by atoms with Gasteiger partial charge >= 0.3 is 0 Å². The second-order valence-corrected chi connectivity index (χ2v) is 12.3. The Bertz CT molecular complexity index is 2040. The van der Waals surface area contributed by atoms with E-state index in [4.69, 9.17) is 0 Å². The Morgan fingerprint density at radius 2 is 1.35 bits per heavy atom. The molecular formula is C44H39NO. The molecule has 0 saturated heterocycles. The van der Waals surface area contributed by atoms with Gasteiger partial charge in [0, 0.05) is 18.4 Å². The van der Waals surface area contributed by atoms with Gasteiger partial charge in [0.15, 0.2) is 5.78 Å². The molecule has 1 aliphatic heterocycles. The number of dihydropyridines is 1. The van der Waals surface area contributed by atoms with Gasteiger partial charge in [0.25, 0.3) is 0 Å². The number of fused-ring (bicyclic) bond motifs is 4. The van der Waals surface area contributed by atoms with Gasteiger partial charge in [-0.25, -0.2) is 0 Å². The normalized spacial score (nSPS) is 17.2. The summed E-state index contributed by atoms with van der Waals surface area (Å²) in [6, 6.07) is 44.7. The largest absolute Gasteiger partial charge is 0.387 e. The number of Topliss-reactive ketones (excluding diaryl/α,β-unsaturated/α-hetero) is 1. The zero-order chi connectivity index (χ0) is 31.1.